The van der Waals surface area contributed by atoms with Crippen molar-refractivity contribution in [2.75, 3.05) is 11.9 Å². The lowest BCUT2D eigenvalue weighted by molar-refractivity contribution is 0.102. The van der Waals surface area contributed by atoms with Crippen molar-refractivity contribution in [1.82, 2.24) is 25.0 Å². The largest absolute Gasteiger partial charge is 0.464 e. The third-order valence-electron chi connectivity index (χ3n) is 1.99. The van der Waals surface area contributed by atoms with Crippen LogP contribution in [0.3, 0.4) is 0 Å². The van der Waals surface area contributed by atoms with Gasteiger partial charge in [0.2, 0.25) is 0 Å². The van der Waals surface area contributed by atoms with Crippen LogP contribution in [0.25, 0.3) is 0 Å². The highest BCUT2D eigenvalue weighted by Crippen LogP contribution is 2.08. The summed E-state index contributed by atoms with van der Waals surface area (Å²) in [6, 6.07) is 0.273. The Balaban J connectivity index is 2.03. The van der Waals surface area contributed by atoms with Gasteiger partial charge in [-0.1, -0.05) is 5.21 Å². The van der Waals surface area contributed by atoms with Gasteiger partial charge in [0, 0.05) is 7.05 Å². The summed E-state index contributed by atoms with van der Waals surface area (Å²) in [5, 5.41) is 9.97. The summed E-state index contributed by atoms with van der Waals surface area (Å²) in [7, 11) is 1.68. The predicted octanol–water partition coefficient (Wildman–Crippen LogP) is 0.256. The van der Waals surface area contributed by atoms with Gasteiger partial charge in [-0.15, -0.1) is 5.10 Å². The van der Waals surface area contributed by atoms with E-state index < -0.39 is 0 Å². The van der Waals surface area contributed by atoms with E-state index in [1.54, 1.807) is 7.05 Å². The van der Waals surface area contributed by atoms with Crippen molar-refractivity contribution in [2.24, 2.45) is 7.05 Å². The number of aromatic nitrogens is 5. The molecule has 0 unspecified atom stereocenters. The van der Waals surface area contributed by atoms with Crippen molar-refractivity contribution in [3.63, 3.8) is 0 Å². The predicted molar refractivity (Wildman–Crippen MR) is 62.2 cm³/mol. The molecule has 94 valence electrons. The Hall–Kier alpha value is -2.51. The zero-order valence-corrected chi connectivity index (χ0v) is 9.99. The first kappa shape index (κ1) is 12.0. The molecular weight excluding hydrogens is 236 g/mol. The topological polar surface area (TPSA) is 94.8 Å². The first-order chi connectivity index (χ1) is 8.69. The highest BCUT2D eigenvalue weighted by Gasteiger charge is 2.10. The van der Waals surface area contributed by atoms with Crippen LogP contribution >= 0.6 is 0 Å². The molecule has 2 heterocycles. The molecule has 0 aromatic carbocycles. The highest BCUT2D eigenvalue weighted by atomic mass is 16.5. The van der Waals surface area contributed by atoms with Crippen molar-refractivity contribution in [3.05, 3.63) is 24.3 Å². The summed E-state index contributed by atoms with van der Waals surface area (Å²) < 4.78 is 6.54. The number of ether oxygens (including phenoxy) is 1. The van der Waals surface area contributed by atoms with E-state index in [0.717, 1.165) is 0 Å². The van der Waals surface area contributed by atoms with E-state index in [4.69, 9.17) is 4.74 Å². The summed E-state index contributed by atoms with van der Waals surface area (Å²) in [6.45, 7) is 2.33. The van der Waals surface area contributed by atoms with Crippen LogP contribution in [0.1, 0.15) is 17.4 Å². The van der Waals surface area contributed by atoms with Crippen molar-refractivity contribution >= 4 is 11.6 Å². The van der Waals surface area contributed by atoms with E-state index in [0.29, 0.717) is 12.3 Å². The number of carbonyl (C=O) groups excluding carboxylic acids is 1. The summed E-state index contributed by atoms with van der Waals surface area (Å²) >= 11 is 0. The van der Waals surface area contributed by atoms with E-state index in [1.807, 2.05) is 6.92 Å². The fourth-order valence-corrected chi connectivity index (χ4v) is 1.23. The van der Waals surface area contributed by atoms with E-state index >= 15 is 0 Å². The van der Waals surface area contributed by atoms with Gasteiger partial charge in [0.25, 0.3) is 5.91 Å². The number of nitrogens with zero attached hydrogens (tertiary/aromatic N) is 5. The van der Waals surface area contributed by atoms with Crippen LogP contribution in [0, 0.1) is 0 Å². The Morgan fingerprint density at radius 1 is 1.44 bits per heavy atom. The number of nitrogens with one attached hydrogen (secondary N) is 1. The second-order valence-corrected chi connectivity index (χ2v) is 3.42. The van der Waals surface area contributed by atoms with Gasteiger partial charge >= 0.3 is 6.01 Å². The standard InChI is InChI=1S/C10H12N6O2/c1-3-18-10-11-4-7(5-12-10)13-9(17)8-6-16(2)15-14-8/h4-6H,3H2,1-2H3,(H,13,17). The van der Waals surface area contributed by atoms with Crippen molar-refractivity contribution in [3.8, 4) is 6.01 Å². The highest BCUT2D eigenvalue weighted by molar-refractivity contribution is 6.02. The lowest BCUT2D eigenvalue weighted by atomic mass is 10.4. The third-order valence-corrected chi connectivity index (χ3v) is 1.99. The molecule has 0 saturated heterocycles. The number of rotatable bonds is 4. The molecule has 0 radical (unpaired) electrons. The first-order valence-electron chi connectivity index (χ1n) is 5.31. The zero-order valence-electron chi connectivity index (χ0n) is 9.99. The molecule has 8 nitrogen and oxygen atoms in total. The van der Waals surface area contributed by atoms with E-state index in [9.17, 15) is 4.79 Å². The van der Waals surface area contributed by atoms with Gasteiger partial charge in [-0.2, -0.15) is 0 Å². The van der Waals surface area contributed by atoms with Crippen LogP contribution in [0.15, 0.2) is 18.6 Å². The SMILES string of the molecule is CCOc1ncc(NC(=O)c2cn(C)nn2)cn1. The fraction of sp³-hybridized carbons (Fsp3) is 0.300. The maximum absolute atomic E-state index is 11.7. The number of aryl methyl sites for hydroxylation is 1. The van der Waals surface area contributed by atoms with Gasteiger partial charge in [-0.25, -0.2) is 9.97 Å². The number of hydrogen-bond donors (Lipinski definition) is 1. The summed E-state index contributed by atoms with van der Waals surface area (Å²) in [4.78, 5) is 19.6. The molecule has 2 aromatic heterocycles. The molecule has 2 rings (SSSR count). The van der Waals surface area contributed by atoms with E-state index in [-0.39, 0.29) is 17.6 Å². The molecule has 1 amide bonds. The number of anilines is 1. The Kier molecular flexibility index (Phi) is 3.46. The van der Waals surface area contributed by atoms with Gasteiger partial charge in [-0.3, -0.25) is 9.48 Å². The van der Waals surface area contributed by atoms with Crippen molar-refractivity contribution in [2.45, 2.75) is 6.92 Å². The average Bonchev–Trinajstić information content (AvgIpc) is 2.79. The van der Waals surface area contributed by atoms with E-state index in [2.05, 4.69) is 25.6 Å². The summed E-state index contributed by atoms with van der Waals surface area (Å²) in [5.74, 6) is -0.365. The molecule has 0 fully saturated rings. The normalized spacial score (nSPS) is 10.1. The Bertz CT molecular complexity index is 536. The fourth-order valence-electron chi connectivity index (χ4n) is 1.23. The van der Waals surface area contributed by atoms with Crippen LogP contribution < -0.4 is 10.1 Å². The maximum Gasteiger partial charge on any atom is 0.316 e. The molecule has 8 heteroatoms. The zero-order chi connectivity index (χ0) is 13.0. The van der Waals surface area contributed by atoms with Crippen LogP contribution in [-0.2, 0) is 7.05 Å². The molecule has 1 N–H and O–H groups in total. The minimum atomic E-state index is -0.365. The van der Waals surface area contributed by atoms with Crippen LogP contribution in [0.4, 0.5) is 5.69 Å². The maximum atomic E-state index is 11.7. The second-order valence-electron chi connectivity index (χ2n) is 3.42. The molecule has 0 saturated carbocycles. The van der Waals surface area contributed by atoms with E-state index in [1.165, 1.54) is 23.3 Å². The average molecular weight is 248 g/mol. The second kappa shape index (κ2) is 5.21. The molecule has 0 spiro atoms. The Morgan fingerprint density at radius 2 is 2.17 bits per heavy atom. The van der Waals surface area contributed by atoms with Crippen molar-refractivity contribution < 1.29 is 9.53 Å². The lowest BCUT2D eigenvalue weighted by Crippen LogP contribution is -2.13. The van der Waals surface area contributed by atoms with Gasteiger partial charge < -0.3 is 10.1 Å². The minimum absolute atomic E-state index is 0.228. The van der Waals surface area contributed by atoms with Crippen LogP contribution in [-0.4, -0.2) is 37.5 Å². The Morgan fingerprint density at radius 3 is 2.72 bits per heavy atom. The van der Waals surface area contributed by atoms with Gasteiger partial charge in [0.05, 0.1) is 30.9 Å². The van der Waals surface area contributed by atoms with Gasteiger partial charge in [0.1, 0.15) is 0 Å². The lowest BCUT2D eigenvalue weighted by Gasteiger charge is -2.03. The molecule has 0 bridgehead atoms. The third kappa shape index (κ3) is 2.78. The molecule has 0 aliphatic carbocycles. The number of hydrogen-bond acceptors (Lipinski definition) is 6. The molecule has 0 aliphatic heterocycles. The molecular formula is C10H12N6O2. The quantitative estimate of drug-likeness (QED) is 0.833. The monoisotopic (exact) mass is 248 g/mol. The number of carbonyl (C=O) groups is 1. The Labute approximate surface area is 103 Å². The smallest absolute Gasteiger partial charge is 0.316 e. The van der Waals surface area contributed by atoms with Crippen LogP contribution in [0.5, 0.6) is 6.01 Å². The first-order valence-corrected chi connectivity index (χ1v) is 5.31. The molecule has 0 aliphatic rings. The summed E-state index contributed by atoms with van der Waals surface area (Å²) in [6.07, 6.45) is 4.45. The minimum Gasteiger partial charge on any atom is -0.464 e. The van der Waals surface area contributed by atoms with Crippen LogP contribution in [0.2, 0.25) is 0 Å². The van der Waals surface area contributed by atoms with Gasteiger partial charge in [0.15, 0.2) is 5.69 Å². The van der Waals surface area contributed by atoms with Gasteiger partial charge in [-0.05, 0) is 6.92 Å². The molecule has 18 heavy (non-hydrogen) atoms. The number of amides is 1. The summed E-state index contributed by atoms with van der Waals surface area (Å²) in [5.41, 5.74) is 0.695. The molecule has 0 atom stereocenters. The molecule has 2 aromatic rings. The van der Waals surface area contributed by atoms with Crippen molar-refractivity contribution in [1.29, 1.82) is 0 Å².